The Morgan fingerprint density at radius 1 is 1.11 bits per heavy atom. The van der Waals surface area contributed by atoms with Crippen molar-refractivity contribution in [2.24, 2.45) is 0 Å². The summed E-state index contributed by atoms with van der Waals surface area (Å²) in [6, 6.07) is 0.992. The molecule has 0 unspecified atom stereocenters. The Labute approximate surface area is 68.8 Å². The minimum Gasteiger partial charge on any atom is -0.150 e. The van der Waals surface area contributed by atoms with Gasteiger partial charge in [0.05, 0.1) is 7.59 Å². The van der Waals surface area contributed by atoms with Gasteiger partial charge in [-0.05, 0) is 6.04 Å². The minimum absolute atomic E-state index is 0.992. The van der Waals surface area contributed by atoms with Crippen LogP contribution in [0, 0.1) is 0 Å². The maximum absolute atomic E-state index is 6.16. The fraction of sp³-hybridized carbons (Fsp3) is 1.00. The van der Waals surface area contributed by atoms with Crippen LogP contribution in [-0.2, 0) is 0 Å². The molecule has 0 atom stereocenters. The van der Waals surface area contributed by atoms with Gasteiger partial charge in [0, 0.05) is 0 Å². The lowest BCUT2D eigenvalue weighted by atomic mass is 11.0. The molecule has 0 aliphatic rings. The SMILES string of the molecule is CC[Si](Cl)(Cl)[Si](C)(C)C. The average molecular weight is 201 g/mol. The summed E-state index contributed by atoms with van der Waals surface area (Å²) in [5, 5.41) is 0. The average Bonchev–Trinajstić information content (AvgIpc) is 1.64. The molecule has 4 heteroatoms. The summed E-state index contributed by atoms with van der Waals surface area (Å²) in [6.07, 6.45) is -1.80. The van der Waals surface area contributed by atoms with Crippen molar-refractivity contribution in [1.82, 2.24) is 0 Å². The highest BCUT2D eigenvalue weighted by Crippen LogP contribution is 2.30. The van der Waals surface area contributed by atoms with Crippen LogP contribution in [0.5, 0.6) is 0 Å². The summed E-state index contributed by atoms with van der Waals surface area (Å²) in [6.45, 7) is 8.80. The number of rotatable bonds is 2. The van der Waals surface area contributed by atoms with Crippen LogP contribution in [0.2, 0.25) is 25.7 Å². The number of halogens is 2. The summed E-state index contributed by atoms with van der Waals surface area (Å²) >= 11 is 12.3. The molecule has 0 aromatic heterocycles. The van der Waals surface area contributed by atoms with Crippen molar-refractivity contribution < 1.29 is 0 Å². The fourth-order valence-electron chi connectivity index (χ4n) is 0.530. The molecule has 56 valence electrons. The Morgan fingerprint density at radius 2 is 1.44 bits per heavy atom. The molecule has 0 saturated carbocycles. The highest BCUT2D eigenvalue weighted by atomic mass is 35.7. The largest absolute Gasteiger partial charge is 0.238 e. The van der Waals surface area contributed by atoms with Gasteiger partial charge in [0.1, 0.15) is 0 Å². The molecule has 9 heavy (non-hydrogen) atoms. The van der Waals surface area contributed by atoms with Gasteiger partial charge < -0.3 is 0 Å². The van der Waals surface area contributed by atoms with Crippen LogP contribution >= 0.6 is 22.2 Å². The van der Waals surface area contributed by atoms with Crippen LogP contribution in [0.15, 0.2) is 0 Å². The second-order valence-electron chi connectivity index (χ2n) is 3.31. The number of hydrogen-bond acceptors (Lipinski definition) is 0. The fourth-order valence-corrected chi connectivity index (χ4v) is 4.77. The van der Waals surface area contributed by atoms with Gasteiger partial charge >= 0.3 is 0 Å². The molecule has 0 bridgehead atoms. The van der Waals surface area contributed by atoms with Gasteiger partial charge in [0.2, 0.25) is 6.21 Å². The van der Waals surface area contributed by atoms with Crippen molar-refractivity contribution in [2.75, 3.05) is 0 Å². The predicted molar refractivity (Wildman–Crippen MR) is 51.3 cm³/mol. The zero-order valence-corrected chi connectivity index (χ0v) is 9.97. The van der Waals surface area contributed by atoms with E-state index in [9.17, 15) is 0 Å². The van der Waals surface area contributed by atoms with E-state index in [1.54, 1.807) is 0 Å². The van der Waals surface area contributed by atoms with E-state index in [-0.39, 0.29) is 0 Å². The highest BCUT2D eigenvalue weighted by Gasteiger charge is 2.41. The normalized spacial score (nSPS) is 14.0. The Morgan fingerprint density at radius 3 is 1.44 bits per heavy atom. The lowest BCUT2D eigenvalue weighted by Crippen LogP contribution is -2.47. The van der Waals surface area contributed by atoms with Crippen molar-refractivity contribution in [2.45, 2.75) is 32.6 Å². The van der Waals surface area contributed by atoms with E-state index in [0.29, 0.717) is 0 Å². The first kappa shape index (κ1) is 10.0. The molecule has 0 nitrogen and oxygen atoms in total. The van der Waals surface area contributed by atoms with Crippen molar-refractivity contribution >= 4 is 36.0 Å². The van der Waals surface area contributed by atoms with Gasteiger partial charge in [-0.25, -0.2) is 0 Å². The van der Waals surface area contributed by atoms with Gasteiger partial charge in [0.25, 0.3) is 0 Å². The Hall–Kier alpha value is 1.01. The molecule has 0 saturated heterocycles. The molecule has 0 aromatic rings. The third-order valence-corrected chi connectivity index (χ3v) is 24.1. The second kappa shape index (κ2) is 2.95. The molecule has 0 amide bonds. The van der Waals surface area contributed by atoms with Gasteiger partial charge in [-0.3, -0.25) is 0 Å². The summed E-state index contributed by atoms with van der Waals surface area (Å²) in [4.78, 5) is 0. The molecule has 0 spiro atoms. The van der Waals surface area contributed by atoms with Crippen LogP contribution in [0.25, 0.3) is 0 Å². The van der Waals surface area contributed by atoms with Crippen molar-refractivity contribution in [3.05, 3.63) is 0 Å². The van der Waals surface area contributed by atoms with Crippen LogP contribution < -0.4 is 0 Å². The quantitative estimate of drug-likeness (QED) is 0.475. The molecule has 0 heterocycles. The number of hydrogen-bond donors (Lipinski definition) is 0. The van der Waals surface area contributed by atoms with E-state index in [1.165, 1.54) is 0 Å². The monoisotopic (exact) mass is 200 g/mol. The van der Waals surface area contributed by atoms with E-state index in [1.807, 2.05) is 0 Å². The van der Waals surface area contributed by atoms with Gasteiger partial charge in [0.15, 0.2) is 0 Å². The first-order chi connectivity index (χ1) is 3.81. The van der Waals surface area contributed by atoms with Crippen molar-refractivity contribution in [3.63, 3.8) is 0 Å². The molecule has 0 aliphatic heterocycles. The molecule has 0 aliphatic carbocycles. The maximum atomic E-state index is 6.16. The molecular weight excluding hydrogens is 187 g/mol. The topological polar surface area (TPSA) is 0 Å². The van der Waals surface area contributed by atoms with Gasteiger partial charge in [-0.15, -0.1) is 22.2 Å². The van der Waals surface area contributed by atoms with E-state index < -0.39 is 13.8 Å². The highest BCUT2D eigenvalue weighted by molar-refractivity contribution is 7.74. The molecule has 0 aromatic carbocycles. The molecular formula is C5H14Cl2Si2. The van der Waals surface area contributed by atoms with E-state index in [2.05, 4.69) is 26.6 Å². The third kappa shape index (κ3) is 2.62. The van der Waals surface area contributed by atoms with Gasteiger partial charge in [-0.2, -0.15) is 0 Å². The maximum Gasteiger partial charge on any atom is 0.238 e. The zero-order chi connectivity index (χ0) is 7.71. The second-order valence-corrected chi connectivity index (χ2v) is 23.3. The lowest BCUT2D eigenvalue weighted by Gasteiger charge is -2.27. The Bertz CT molecular complexity index is 95.6. The summed E-state index contributed by atoms with van der Waals surface area (Å²) in [5.41, 5.74) is 0. The van der Waals surface area contributed by atoms with Crippen LogP contribution in [0.1, 0.15) is 6.92 Å². The lowest BCUT2D eigenvalue weighted by molar-refractivity contribution is 1.45. The summed E-state index contributed by atoms with van der Waals surface area (Å²) in [7, 11) is -1.22. The van der Waals surface area contributed by atoms with Gasteiger partial charge in [-0.1, -0.05) is 26.6 Å². The van der Waals surface area contributed by atoms with E-state index in [4.69, 9.17) is 22.2 Å². The van der Waals surface area contributed by atoms with Crippen LogP contribution in [0.3, 0.4) is 0 Å². The van der Waals surface area contributed by atoms with E-state index >= 15 is 0 Å². The minimum atomic E-state index is -1.80. The Balaban J connectivity index is 4.14. The smallest absolute Gasteiger partial charge is 0.150 e. The predicted octanol–water partition coefficient (Wildman–Crippen LogP) is 3.34. The summed E-state index contributed by atoms with van der Waals surface area (Å²) < 4.78 is 0. The molecule has 0 rings (SSSR count). The Kier molecular flexibility index (Phi) is 3.28. The molecule has 0 N–H and O–H groups in total. The summed E-state index contributed by atoms with van der Waals surface area (Å²) in [5.74, 6) is 0. The standard InChI is InChI=1S/C5H14Cl2Si2/c1-5-9(6,7)8(2,3)4/h5H2,1-4H3. The van der Waals surface area contributed by atoms with Crippen LogP contribution in [-0.4, -0.2) is 13.8 Å². The first-order valence-electron chi connectivity index (χ1n) is 3.19. The molecule has 0 fully saturated rings. The van der Waals surface area contributed by atoms with Crippen LogP contribution in [0.4, 0.5) is 0 Å². The molecule has 0 radical (unpaired) electrons. The van der Waals surface area contributed by atoms with Crippen molar-refractivity contribution in [1.29, 1.82) is 0 Å². The van der Waals surface area contributed by atoms with E-state index in [0.717, 1.165) is 6.04 Å². The third-order valence-electron chi connectivity index (χ3n) is 1.54. The first-order valence-corrected chi connectivity index (χ1v) is 11.9. The zero-order valence-electron chi connectivity index (χ0n) is 6.46. The van der Waals surface area contributed by atoms with Crippen molar-refractivity contribution in [3.8, 4) is 0 Å².